The van der Waals surface area contributed by atoms with E-state index in [1.807, 2.05) is 11.6 Å². The minimum Gasteiger partial charge on any atom is -0.375 e. The number of nitrogens with one attached hydrogen (secondary N) is 1. The number of ether oxygens (including phenoxy) is 1. The maximum Gasteiger partial charge on any atom is 0.0937 e. The summed E-state index contributed by atoms with van der Waals surface area (Å²) >= 11 is 1.74. The maximum atomic E-state index is 5.85. The molecule has 1 N–H and O–H groups in total. The fourth-order valence-corrected chi connectivity index (χ4v) is 2.93. The minimum atomic E-state index is 0.0805. The second-order valence-corrected chi connectivity index (χ2v) is 5.95. The Morgan fingerprint density at radius 2 is 2.53 bits per heavy atom. The molecule has 2 rings (SSSR count). The zero-order valence-electron chi connectivity index (χ0n) is 10.7. The minimum absolute atomic E-state index is 0.0805. The molecule has 2 atom stereocenters. The highest BCUT2D eigenvalue weighted by molar-refractivity contribution is 7.09. The first kappa shape index (κ1) is 13.0. The van der Waals surface area contributed by atoms with Gasteiger partial charge in [0.1, 0.15) is 0 Å². The molecule has 0 bridgehead atoms. The van der Waals surface area contributed by atoms with Gasteiger partial charge in [0.05, 0.1) is 10.6 Å². The van der Waals surface area contributed by atoms with Crippen LogP contribution < -0.4 is 5.32 Å². The van der Waals surface area contributed by atoms with Crippen molar-refractivity contribution in [2.24, 2.45) is 0 Å². The fraction of sp³-hybridized carbons (Fsp3) is 0.769. The molecule has 1 aromatic rings. The van der Waals surface area contributed by atoms with Gasteiger partial charge in [0.2, 0.25) is 0 Å². The van der Waals surface area contributed by atoms with Crippen molar-refractivity contribution in [3.05, 3.63) is 16.6 Å². The first-order valence-electron chi connectivity index (χ1n) is 6.47. The van der Waals surface area contributed by atoms with E-state index in [9.17, 15) is 0 Å². The lowest BCUT2D eigenvalue weighted by molar-refractivity contribution is -0.0778. The van der Waals surface area contributed by atoms with E-state index in [1.54, 1.807) is 11.3 Å². The summed E-state index contributed by atoms with van der Waals surface area (Å²) in [5.41, 5.74) is 0.0805. The zero-order chi connectivity index (χ0) is 12.1. The second-order valence-electron chi connectivity index (χ2n) is 4.97. The molecule has 1 aliphatic rings. The van der Waals surface area contributed by atoms with Gasteiger partial charge in [-0.3, -0.25) is 0 Å². The molecule has 0 radical (unpaired) electrons. The number of nitrogens with zero attached hydrogens (tertiary/aromatic N) is 1. The van der Waals surface area contributed by atoms with Crippen molar-refractivity contribution in [3.63, 3.8) is 0 Å². The van der Waals surface area contributed by atoms with Gasteiger partial charge >= 0.3 is 0 Å². The third-order valence-corrected chi connectivity index (χ3v) is 4.44. The van der Waals surface area contributed by atoms with E-state index in [2.05, 4.69) is 24.1 Å². The highest BCUT2D eigenvalue weighted by Crippen LogP contribution is 2.27. The molecule has 3 nitrogen and oxygen atoms in total. The van der Waals surface area contributed by atoms with Gasteiger partial charge < -0.3 is 10.1 Å². The largest absolute Gasteiger partial charge is 0.375 e. The predicted molar refractivity (Wildman–Crippen MR) is 71.5 cm³/mol. The summed E-state index contributed by atoms with van der Waals surface area (Å²) in [5.74, 6) is 0. The van der Waals surface area contributed by atoms with E-state index in [0.29, 0.717) is 6.04 Å². The molecular weight excluding hydrogens is 232 g/mol. The lowest BCUT2D eigenvalue weighted by Gasteiger charge is -2.38. The zero-order valence-corrected chi connectivity index (χ0v) is 11.6. The highest BCUT2D eigenvalue weighted by Gasteiger charge is 2.31. The lowest BCUT2D eigenvalue weighted by Crippen LogP contribution is -2.45. The summed E-state index contributed by atoms with van der Waals surface area (Å²) in [4.78, 5) is 4.30. The van der Waals surface area contributed by atoms with E-state index >= 15 is 0 Å². The van der Waals surface area contributed by atoms with Crippen molar-refractivity contribution in [1.29, 1.82) is 0 Å². The van der Waals surface area contributed by atoms with Crippen LogP contribution in [0.25, 0.3) is 0 Å². The van der Waals surface area contributed by atoms with Crippen LogP contribution in [0.3, 0.4) is 0 Å². The molecule has 1 saturated heterocycles. The van der Waals surface area contributed by atoms with Crippen molar-refractivity contribution in [2.45, 2.75) is 51.2 Å². The van der Waals surface area contributed by atoms with Crippen LogP contribution in [0.2, 0.25) is 0 Å². The predicted octanol–water partition coefficient (Wildman–Crippen LogP) is 2.62. The first-order valence-corrected chi connectivity index (χ1v) is 7.35. The summed E-state index contributed by atoms with van der Waals surface area (Å²) in [6, 6.07) is 0.605. The van der Waals surface area contributed by atoms with Gasteiger partial charge in [-0.2, -0.15) is 0 Å². The summed E-state index contributed by atoms with van der Waals surface area (Å²) in [7, 11) is 0. The first-order chi connectivity index (χ1) is 8.22. The monoisotopic (exact) mass is 254 g/mol. The van der Waals surface area contributed by atoms with Gasteiger partial charge in [-0.1, -0.05) is 6.92 Å². The molecule has 17 heavy (non-hydrogen) atoms. The van der Waals surface area contributed by atoms with Crippen molar-refractivity contribution >= 4 is 11.3 Å². The van der Waals surface area contributed by atoms with Crippen LogP contribution in [-0.4, -0.2) is 29.8 Å². The summed E-state index contributed by atoms with van der Waals surface area (Å²) < 4.78 is 5.85. The van der Waals surface area contributed by atoms with E-state index in [1.165, 1.54) is 5.01 Å². The smallest absolute Gasteiger partial charge is 0.0937 e. The standard InChI is InChI=1S/C13H22N2OS/c1-3-13(2)10-11(5-8-16-13)14-6-4-12-15-7-9-17-12/h7,9,11,14H,3-6,8,10H2,1-2H3. The van der Waals surface area contributed by atoms with E-state index in [4.69, 9.17) is 4.74 Å². The molecule has 0 aromatic carbocycles. The van der Waals surface area contributed by atoms with Crippen molar-refractivity contribution in [2.75, 3.05) is 13.2 Å². The molecule has 4 heteroatoms. The Labute approximate surface area is 108 Å². The van der Waals surface area contributed by atoms with Crippen LogP contribution in [0.5, 0.6) is 0 Å². The molecule has 96 valence electrons. The maximum absolute atomic E-state index is 5.85. The summed E-state index contributed by atoms with van der Waals surface area (Å²) in [6.45, 7) is 6.34. The molecule has 0 amide bonds. The summed E-state index contributed by atoms with van der Waals surface area (Å²) in [5, 5.41) is 6.90. The fourth-order valence-electron chi connectivity index (χ4n) is 2.31. The number of hydrogen-bond acceptors (Lipinski definition) is 4. The van der Waals surface area contributed by atoms with Crippen molar-refractivity contribution in [1.82, 2.24) is 10.3 Å². The van der Waals surface area contributed by atoms with Gasteiger partial charge in [0, 0.05) is 37.2 Å². The molecule has 1 aliphatic heterocycles. The highest BCUT2D eigenvalue weighted by atomic mass is 32.1. The van der Waals surface area contributed by atoms with E-state index in [0.717, 1.165) is 38.8 Å². The van der Waals surface area contributed by atoms with Crippen molar-refractivity contribution < 1.29 is 4.74 Å². The van der Waals surface area contributed by atoms with E-state index < -0.39 is 0 Å². The third-order valence-electron chi connectivity index (χ3n) is 3.60. The van der Waals surface area contributed by atoms with Gasteiger partial charge in [0.25, 0.3) is 0 Å². The SMILES string of the molecule is CCC1(C)CC(NCCc2nccs2)CCO1. The van der Waals surface area contributed by atoms with Crippen LogP contribution in [0, 0.1) is 0 Å². The molecule has 0 aliphatic carbocycles. The van der Waals surface area contributed by atoms with Crippen LogP contribution >= 0.6 is 11.3 Å². The number of thiazole rings is 1. The molecule has 0 saturated carbocycles. The second kappa shape index (κ2) is 5.94. The average molecular weight is 254 g/mol. The molecular formula is C13H22N2OS. The molecule has 1 aromatic heterocycles. The molecule has 1 fully saturated rings. The average Bonchev–Trinajstić information content (AvgIpc) is 2.82. The Hall–Kier alpha value is -0.450. The van der Waals surface area contributed by atoms with Crippen LogP contribution in [0.1, 0.15) is 38.1 Å². The Morgan fingerprint density at radius 3 is 3.24 bits per heavy atom. The number of aromatic nitrogens is 1. The number of rotatable bonds is 5. The lowest BCUT2D eigenvalue weighted by atomic mass is 9.90. The summed E-state index contributed by atoms with van der Waals surface area (Å²) in [6.07, 6.45) is 6.27. The van der Waals surface area contributed by atoms with E-state index in [-0.39, 0.29) is 5.60 Å². The van der Waals surface area contributed by atoms with Crippen LogP contribution in [0.4, 0.5) is 0 Å². The Balaban J connectivity index is 1.72. The topological polar surface area (TPSA) is 34.2 Å². The molecule has 2 unspecified atom stereocenters. The van der Waals surface area contributed by atoms with Crippen LogP contribution in [0.15, 0.2) is 11.6 Å². The quantitative estimate of drug-likeness (QED) is 0.877. The van der Waals surface area contributed by atoms with Gasteiger partial charge in [-0.25, -0.2) is 4.98 Å². The molecule has 0 spiro atoms. The van der Waals surface area contributed by atoms with Gasteiger partial charge in [-0.15, -0.1) is 11.3 Å². The van der Waals surface area contributed by atoms with Gasteiger partial charge in [0.15, 0.2) is 0 Å². The number of hydrogen-bond donors (Lipinski definition) is 1. The van der Waals surface area contributed by atoms with Crippen LogP contribution in [-0.2, 0) is 11.2 Å². The third kappa shape index (κ3) is 3.76. The normalized spacial score (nSPS) is 29.4. The Morgan fingerprint density at radius 1 is 1.65 bits per heavy atom. The Bertz CT molecular complexity index is 328. The van der Waals surface area contributed by atoms with Crippen molar-refractivity contribution in [3.8, 4) is 0 Å². The van der Waals surface area contributed by atoms with Gasteiger partial charge in [-0.05, 0) is 26.2 Å². The molecule has 2 heterocycles. The Kier molecular flexibility index (Phi) is 4.54.